The van der Waals surface area contributed by atoms with Gasteiger partial charge < -0.3 is 9.80 Å². The lowest BCUT2D eigenvalue weighted by atomic mass is 9.33. The number of para-hydroxylation sites is 1. The monoisotopic (exact) mass is 856 g/mol. The maximum absolute atomic E-state index is 2.67. The smallest absolute Gasteiger partial charge is 0.252 e. The van der Waals surface area contributed by atoms with E-state index in [0.29, 0.717) is 0 Å². The highest BCUT2D eigenvalue weighted by atomic mass is 32.2. The first-order chi connectivity index (χ1) is 31.4. The van der Waals surface area contributed by atoms with Crippen LogP contribution in [0.4, 0.5) is 34.1 Å². The molecule has 13 rings (SSSR count). The first-order valence-corrected chi connectivity index (χ1v) is 24.4. The largest absolute Gasteiger partial charge is 0.311 e. The lowest BCUT2D eigenvalue weighted by Gasteiger charge is -2.46. The van der Waals surface area contributed by atoms with Crippen LogP contribution in [0.1, 0.15) is 100 Å². The molecule has 1 spiro atoms. The highest BCUT2D eigenvalue weighted by Crippen LogP contribution is 2.63. The van der Waals surface area contributed by atoms with E-state index in [0.717, 1.165) is 0 Å². The summed E-state index contributed by atoms with van der Waals surface area (Å²) < 4.78 is 0. The van der Waals surface area contributed by atoms with Gasteiger partial charge in [-0.05, 0) is 156 Å². The Kier molecular flexibility index (Phi) is 8.09. The summed E-state index contributed by atoms with van der Waals surface area (Å²) >= 11 is 1.91. The van der Waals surface area contributed by atoms with Crippen molar-refractivity contribution in [3.05, 3.63) is 209 Å². The van der Waals surface area contributed by atoms with E-state index in [-0.39, 0.29) is 23.0 Å². The van der Waals surface area contributed by atoms with Gasteiger partial charge in [0, 0.05) is 43.9 Å². The van der Waals surface area contributed by atoms with Gasteiger partial charge in [-0.3, -0.25) is 0 Å². The van der Waals surface area contributed by atoms with Crippen LogP contribution in [0.2, 0.25) is 0 Å². The molecule has 316 valence electrons. The number of anilines is 6. The van der Waals surface area contributed by atoms with E-state index in [4.69, 9.17) is 0 Å². The van der Waals surface area contributed by atoms with Gasteiger partial charge in [0.25, 0.3) is 6.71 Å². The zero-order valence-corrected chi connectivity index (χ0v) is 39.3. The van der Waals surface area contributed by atoms with Crippen molar-refractivity contribution in [1.29, 1.82) is 0 Å². The van der Waals surface area contributed by atoms with Crippen molar-refractivity contribution in [1.82, 2.24) is 0 Å². The Morgan fingerprint density at radius 3 is 1.71 bits per heavy atom. The number of hydrogen-bond acceptors (Lipinski definition) is 3. The van der Waals surface area contributed by atoms with Crippen LogP contribution >= 0.6 is 11.8 Å². The van der Waals surface area contributed by atoms with Gasteiger partial charge in [0.05, 0.1) is 5.41 Å². The zero-order valence-electron chi connectivity index (χ0n) is 38.5. The highest BCUT2D eigenvalue weighted by Gasteiger charge is 2.52. The third kappa shape index (κ3) is 5.32. The first-order valence-electron chi connectivity index (χ1n) is 23.6. The molecule has 4 heteroatoms. The van der Waals surface area contributed by atoms with Crippen LogP contribution in [0, 0.1) is 0 Å². The summed E-state index contributed by atoms with van der Waals surface area (Å²) in [5.74, 6) is 0. The summed E-state index contributed by atoms with van der Waals surface area (Å²) in [6, 6.07) is 66.0. The van der Waals surface area contributed by atoms with Crippen molar-refractivity contribution in [2.45, 2.75) is 92.8 Å². The molecule has 2 aliphatic carbocycles. The second-order valence-corrected chi connectivity index (χ2v) is 22.6. The summed E-state index contributed by atoms with van der Waals surface area (Å²) in [4.78, 5) is 7.84. The van der Waals surface area contributed by atoms with Crippen LogP contribution in [0.3, 0.4) is 0 Å². The van der Waals surface area contributed by atoms with Crippen molar-refractivity contribution >= 4 is 69.0 Å². The molecular weight excluding hydrogens is 804 g/mol. The molecule has 0 radical (unpaired) electrons. The molecule has 0 N–H and O–H groups in total. The van der Waals surface area contributed by atoms with Crippen molar-refractivity contribution in [3.63, 3.8) is 0 Å². The van der Waals surface area contributed by atoms with E-state index in [2.05, 4.69) is 228 Å². The molecule has 0 fully saturated rings. The summed E-state index contributed by atoms with van der Waals surface area (Å²) in [5, 5.41) is 0. The Morgan fingerprint density at radius 1 is 0.446 bits per heavy atom. The molecule has 5 aliphatic rings. The number of benzene rings is 8. The van der Waals surface area contributed by atoms with E-state index in [1.54, 1.807) is 0 Å². The molecule has 2 nitrogen and oxygen atoms in total. The van der Waals surface area contributed by atoms with Crippen molar-refractivity contribution in [2.75, 3.05) is 9.80 Å². The summed E-state index contributed by atoms with van der Waals surface area (Å²) in [6.07, 6.45) is 2.36. The average molecular weight is 857 g/mol. The predicted octanol–water partition coefficient (Wildman–Crippen LogP) is 14.2. The molecule has 0 unspecified atom stereocenters. The van der Waals surface area contributed by atoms with Crippen molar-refractivity contribution in [3.8, 4) is 11.1 Å². The van der Waals surface area contributed by atoms with E-state index in [1.165, 1.54) is 123 Å². The zero-order chi connectivity index (χ0) is 44.2. The molecule has 0 bridgehead atoms. The Labute approximate surface area is 389 Å². The molecule has 3 heterocycles. The summed E-state index contributed by atoms with van der Waals surface area (Å²) in [7, 11) is 0. The molecule has 0 saturated carbocycles. The quantitative estimate of drug-likeness (QED) is 0.160. The fourth-order valence-corrected chi connectivity index (χ4v) is 13.8. The number of nitrogens with zero attached hydrogens (tertiary/aromatic N) is 2. The topological polar surface area (TPSA) is 6.48 Å². The minimum absolute atomic E-state index is 0.0104. The predicted molar refractivity (Wildman–Crippen MR) is 276 cm³/mol. The second-order valence-electron chi connectivity index (χ2n) is 21.5. The van der Waals surface area contributed by atoms with Crippen LogP contribution in [0.15, 0.2) is 180 Å². The minimum atomic E-state index is -0.472. The second kappa shape index (κ2) is 13.4. The third-order valence-electron chi connectivity index (χ3n) is 16.0. The first kappa shape index (κ1) is 39.2. The Morgan fingerprint density at radius 2 is 1.02 bits per heavy atom. The molecule has 0 saturated heterocycles. The van der Waals surface area contributed by atoms with Gasteiger partial charge in [0.1, 0.15) is 0 Å². The molecule has 0 aromatic heterocycles. The van der Waals surface area contributed by atoms with E-state index >= 15 is 0 Å². The van der Waals surface area contributed by atoms with Gasteiger partial charge in [-0.15, -0.1) is 0 Å². The number of hydrogen-bond donors (Lipinski definition) is 0. The van der Waals surface area contributed by atoms with Crippen molar-refractivity contribution in [2.24, 2.45) is 0 Å². The van der Waals surface area contributed by atoms with Gasteiger partial charge in [0.2, 0.25) is 0 Å². The fraction of sp³-hybridized carbons (Fsp3) is 0.213. The maximum atomic E-state index is 2.67. The standard InChI is InChI=1S/C61H53BN2S/c1-58(2,3)38-27-29-39(30-28-38)63-51-22-13-12-21-49(51)62-50-37-47-42(41-17-8-9-18-43(41)61(47)45-19-10-14-25-55(45)65-56-26-15-11-20-46(56)61)36-54(50)64(53-24-16-23-52(63)57(53)62)40-31-32-44-48(35-40)60(6,7)34-33-59(44,4)5/h8-32,35-37H,33-34H2,1-7H3. The Hall–Kier alpha value is -6.23. The molecular formula is C61H53BN2S. The van der Waals surface area contributed by atoms with Gasteiger partial charge in [0.15, 0.2) is 0 Å². The minimum Gasteiger partial charge on any atom is -0.311 e. The van der Waals surface area contributed by atoms with Gasteiger partial charge in [-0.2, -0.15) is 0 Å². The average Bonchev–Trinajstić information content (AvgIpc) is 3.59. The van der Waals surface area contributed by atoms with Crippen molar-refractivity contribution < 1.29 is 0 Å². The van der Waals surface area contributed by atoms with Gasteiger partial charge >= 0.3 is 0 Å². The normalized spacial score (nSPS) is 17.2. The van der Waals surface area contributed by atoms with Crippen LogP contribution in [0.5, 0.6) is 0 Å². The van der Waals surface area contributed by atoms with E-state index in [9.17, 15) is 0 Å². The Balaban J connectivity index is 1.14. The maximum Gasteiger partial charge on any atom is 0.252 e. The van der Waals surface area contributed by atoms with Crippen LogP contribution < -0.4 is 26.2 Å². The molecule has 8 aromatic rings. The number of rotatable bonds is 2. The molecule has 8 aromatic carbocycles. The van der Waals surface area contributed by atoms with E-state index < -0.39 is 5.41 Å². The van der Waals surface area contributed by atoms with Crippen LogP contribution in [-0.2, 0) is 21.7 Å². The summed E-state index contributed by atoms with van der Waals surface area (Å²) in [6.45, 7) is 16.7. The lowest BCUT2D eigenvalue weighted by Crippen LogP contribution is -2.61. The van der Waals surface area contributed by atoms with E-state index in [1.807, 2.05) is 11.8 Å². The van der Waals surface area contributed by atoms with Gasteiger partial charge in [-0.1, -0.05) is 169 Å². The molecule has 65 heavy (non-hydrogen) atoms. The van der Waals surface area contributed by atoms with Gasteiger partial charge in [-0.25, -0.2) is 0 Å². The molecule has 3 aliphatic heterocycles. The van der Waals surface area contributed by atoms with Crippen LogP contribution in [-0.4, -0.2) is 6.71 Å². The van der Waals surface area contributed by atoms with Crippen LogP contribution in [0.25, 0.3) is 11.1 Å². The fourth-order valence-electron chi connectivity index (χ4n) is 12.6. The highest BCUT2D eigenvalue weighted by molar-refractivity contribution is 7.99. The number of fused-ring (bicyclic) bond motifs is 14. The third-order valence-corrected chi connectivity index (χ3v) is 17.1. The Bertz CT molecular complexity index is 3270. The SMILES string of the molecule is CC(C)(C)c1ccc(N2c3ccccc3B3c4cc5c(cc4N(c4ccc6c(c4)C(C)(C)CCC6(C)C)c4cccc2c43)-c2ccccc2C52c3ccccc3Sc3ccccc32)cc1. The lowest BCUT2D eigenvalue weighted by molar-refractivity contribution is 0.332. The summed E-state index contributed by atoms with van der Waals surface area (Å²) in [5.41, 5.74) is 23.7. The molecule has 0 amide bonds. The molecule has 0 atom stereocenters.